The van der Waals surface area contributed by atoms with Crippen molar-refractivity contribution in [3.8, 4) is 0 Å². The van der Waals surface area contributed by atoms with Crippen LogP contribution >= 0.6 is 0 Å². The summed E-state index contributed by atoms with van der Waals surface area (Å²) >= 11 is 0. The molecule has 0 aliphatic carbocycles. The second-order valence-corrected chi connectivity index (χ2v) is 8.87. The first kappa shape index (κ1) is 26.7. The minimum absolute atomic E-state index is 0.0515. The molecule has 1 saturated heterocycles. The molecule has 0 saturated carbocycles. The smallest absolute Gasteiger partial charge is 0.256 e. The van der Waals surface area contributed by atoms with Crippen molar-refractivity contribution in [3.05, 3.63) is 58.9 Å². The summed E-state index contributed by atoms with van der Waals surface area (Å²) in [6, 6.07) is 6.28. The summed E-state index contributed by atoms with van der Waals surface area (Å²) in [4.78, 5) is 14.3. The Kier molecular flexibility index (Phi) is 8.54. The summed E-state index contributed by atoms with van der Waals surface area (Å²) in [7, 11) is 0. The number of hydrogen-bond acceptors (Lipinski definition) is 4. The van der Waals surface area contributed by atoms with Gasteiger partial charge in [-0.25, -0.2) is 13.2 Å². The van der Waals surface area contributed by atoms with Gasteiger partial charge in [-0.3, -0.25) is 4.79 Å². The zero-order chi connectivity index (χ0) is 25.0. The monoisotopic (exact) mass is 465 g/mol. The Labute approximate surface area is 194 Å². The van der Waals surface area contributed by atoms with Gasteiger partial charge in [0, 0.05) is 12.1 Å². The predicted molar refractivity (Wildman–Crippen MR) is 125 cm³/mol. The lowest BCUT2D eigenvalue weighted by molar-refractivity contribution is -0.0816. The molecule has 1 heterocycles. The number of benzene rings is 2. The average molecular weight is 466 g/mol. The van der Waals surface area contributed by atoms with Crippen LogP contribution < -0.4 is 10.6 Å². The fraction of sp³-hybridized carbons (Fsp3) is 0.480. The second kappa shape index (κ2) is 10.6. The molecule has 3 N–H and O–H groups in total. The fourth-order valence-electron chi connectivity index (χ4n) is 3.33. The quantitative estimate of drug-likeness (QED) is 0.529. The molecule has 0 bridgehead atoms. The number of hydrogen-bond donors (Lipinski definition) is 3. The summed E-state index contributed by atoms with van der Waals surface area (Å²) in [5, 5.41) is 16.4. The lowest BCUT2D eigenvalue weighted by Crippen LogP contribution is -2.68. The first-order valence-corrected chi connectivity index (χ1v) is 11.2. The third-order valence-electron chi connectivity index (χ3n) is 5.75. The van der Waals surface area contributed by atoms with Crippen LogP contribution in [0.25, 0.3) is 0 Å². The zero-order valence-electron chi connectivity index (χ0n) is 20.2. The van der Waals surface area contributed by atoms with Crippen LogP contribution in [0.2, 0.25) is 0 Å². The molecule has 8 heteroatoms. The number of anilines is 2. The molecule has 0 atom stereocenters. The maximum Gasteiger partial charge on any atom is 0.256 e. The van der Waals surface area contributed by atoms with Gasteiger partial charge in [-0.15, -0.1) is 0 Å². The molecule has 0 spiro atoms. The van der Waals surface area contributed by atoms with E-state index in [-0.39, 0.29) is 29.9 Å². The van der Waals surface area contributed by atoms with Gasteiger partial charge in [0.25, 0.3) is 5.91 Å². The number of rotatable bonds is 7. The van der Waals surface area contributed by atoms with Gasteiger partial charge in [0.2, 0.25) is 0 Å². The number of carbonyl (C=O) groups is 1. The van der Waals surface area contributed by atoms with Gasteiger partial charge in [0.1, 0.15) is 11.4 Å². The van der Waals surface area contributed by atoms with Crippen LogP contribution in [-0.2, 0) is 0 Å². The lowest BCUT2D eigenvalue weighted by atomic mass is 9.91. The van der Waals surface area contributed by atoms with Crippen LogP contribution in [0.3, 0.4) is 0 Å². The van der Waals surface area contributed by atoms with Crippen molar-refractivity contribution in [3.63, 3.8) is 0 Å². The molecular formula is C25H34F3N3O2. The van der Waals surface area contributed by atoms with E-state index in [2.05, 4.69) is 10.6 Å². The molecule has 3 rings (SSSR count). The van der Waals surface area contributed by atoms with Crippen molar-refractivity contribution in [1.82, 2.24) is 10.2 Å². The van der Waals surface area contributed by atoms with Gasteiger partial charge in [0.15, 0.2) is 11.6 Å². The number of halogens is 3. The second-order valence-electron chi connectivity index (χ2n) is 8.87. The number of aryl methyl sites for hydroxylation is 1. The Morgan fingerprint density at radius 3 is 2.33 bits per heavy atom. The largest absolute Gasteiger partial charge is 0.385 e. The summed E-state index contributed by atoms with van der Waals surface area (Å²) in [5.41, 5.74) is -1.24. The summed E-state index contributed by atoms with van der Waals surface area (Å²) < 4.78 is 42.7. The minimum Gasteiger partial charge on any atom is -0.385 e. The highest BCUT2D eigenvalue weighted by Gasteiger charge is 2.44. The molecule has 5 nitrogen and oxygen atoms in total. The van der Waals surface area contributed by atoms with Crippen molar-refractivity contribution in [2.45, 2.75) is 59.1 Å². The topological polar surface area (TPSA) is 64.6 Å². The number of nitrogens with zero attached hydrogens (tertiary/aromatic N) is 1. The molecule has 1 aliphatic rings. The zero-order valence-corrected chi connectivity index (χ0v) is 20.2. The molecule has 1 fully saturated rings. The number of nitrogens with one attached hydrogen (secondary N) is 2. The van der Waals surface area contributed by atoms with Gasteiger partial charge in [0.05, 0.1) is 30.0 Å². The first-order chi connectivity index (χ1) is 15.4. The van der Waals surface area contributed by atoms with E-state index in [1.165, 1.54) is 17.0 Å². The first-order valence-electron chi connectivity index (χ1n) is 11.2. The molecule has 33 heavy (non-hydrogen) atoms. The van der Waals surface area contributed by atoms with Gasteiger partial charge in [-0.1, -0.05) is 26.8 Å². The number of likely N-dealkylation sites (tertiary alicyclic amines) is 1. The molecule has 2 aromatic rings. The normalized spacial score (nSPS) is 14.8. The Morgan fingerprint density at radius 1 is 1.12 bits per heavy atom. The average Bonchev–Trinajstić information content (AvgIpc) is 2.76. The number of β-amino-alcohol motifs (C(OH)–C–C–N with tert-alkyl or cyclic N) is 1. The maximum absolute atomic E-state index is 14.6. The highest BCUT2D eigenvalue weighted by atomic mass is 19.2. The fourth-order valence-corrected chi connectivity index (χ4v) is 3.33. The Hall–Kier alpha value is -2.58. The SMILES string of the molecule is CC.CCC(C)(C)NCC1(O)CN(C(=O)c2ccc(F)c(F)c2Nc2ccc(C)cc2F)C1. The van der Waals surface area contributed by atoms with Crippen molar-refractivity contribution in [2.75, 3.05) is 25.0 Å². The molecule has 2 aromatic carbocycles. The van der Waals surface area contributed by atoms with E-state index in [0.717, 1.165) is 18.6 Å². The number of carbonyl (C=O) groups excluding carboxylic acids is 1. The maximum atomic E-state index is 14.6. The Balaban J connectivity index is 0.00000187. The van der Waals surface area contributed by atoms with Gasteiger partial charge >= 0.3 is 0 Å². The van der Waals surface area contributed by atoms with Crippen molar-refractivity contribution < 1.29 is 23.1 Å². The number of amides is 1. The molecule has 0 aromatic heterocycles. The summed E-state index contributed by atoms with van der Waals surface area (Å²) in [5.74, 6) is -3.65. The minimum atomic E-state index is -1.27. The van der Waals surface area contributed by atoms with Gasteiger partial charge in [-0.2, -0.15) is 0 Å². The van der Waals surface area contributed by atoms with E-state index >= 15 is 0 Å². The van der Waals surface area contributed by atoms with Crippen molar-refractivity contribution >= 4 is 17.3 Å². The Morgan fingerprint density at radius 2 is 1.76 bits per heavy atom. The highest BCUT2D eigenvalue weighted by molar-refractivity contribution is 6.01. The van der Waals surface area contributed by atoms with Crippen LogP contribution in [0.4, 0.5) is 24.5 Å². The molecular weight excluding hydrogens is 431 g/mol. The summed E-state index contributed by atoms with van der Waals surface area (Å²) in [6.07, 6.45) is 0.866. The molecule has 0 radical (unpaired) electrons. The predicted octanol–water partition coefficient (Wildman–Crippen LogP) is 5.15. The van der Waals surface area contributed by atoms with E-state index in [1.54, 1.807) is 13.0 Å². The van der Waals surface area contributed by atoms with Crippen molar-refractivity contribution in [1.29, 1.82) is 0 Å². The van der Waals surface area contributed by atoms with E-state index in [9.17, 15) is 23.1 Å². The van der Waals surface area contributed by atoms with E-state index in [1.807, 2.05) is 34.6 Å². The Bertz CT molecular complexity index is 989. The van der Waals surface area contributed by atoms with Crippen LogP contribution in [0.15, 0.2) is 30.3 Å². The van der Waals surface area contributed by atoms with Gasteiger partial charge in [-0.05, 0) is 57.0 Å². The van der Waals surface area contributed by atoms with E-state index in [4.69, 9.17) is 0 Å². The molecule has 182 valence electrons. The highest BCUT2D eigenvalue weighted by Crippen LogP contribution is 2.31. The molecule has 1 amide bonds. The molecule has 1 aliphatic heterocycles. The standard InChI is InChI=1S/C23H28F3N3O2.C2H6/c1-5-22(3,4)27-11-23(31)12-29(13-23)21(30)15-7-8-16(24)19(26)20(15)28-18-9-6-14(2)10-17(18)25;1-2/h6-10,27-28,31H,5,11-13H2,1-4H3;1-2H3. The third kappa shape index (κ3) is 6.26. The third-order valence-corrected chi connectivity index (χ3v) is 5.75. The summed E-state index contributed by atoms with van der Waals surface area (Å²) in [6.45, 7) is 12.2. The van der Waals surface area contributed by atoms with Gasteiger partial charge < -0.3 is 20.6 Å². The van der Waals surface area contributed by atoms with Crippen LogP contribution in [0.1, 0.15) is 57.0 Å². The number of aliphatic hydroxyl groups is 1. The molecule has 0 unspecified atom stereocenters. The van der Waals surface area contributed by atoms with Crippen molar-refractivity contribution in [2.24, 2.45) is 0 Å². The van der Waals surface area contributed by atoms with Crippen LogP contribution in [0.5, 0.6) is 0 Å². The van der Waals surface area contributed by atoms with E-state index in [0.29, 0.717) is 12.1 Å². The van der Waals surface area contributed by atoms with E-state index < -0.39 is 34.6 Å². The van der Waals surface area contributed by atoms with Crippen LogP contribution in [-0.4, -0.2) is 46.7 Å². The lowest BCUT2D eigenvalue weighted by Gasteiger charge is -2.47. The van der Waals surface area contributed by atoms with Crippen LogP contribution in [0, 0.1) is 24.4 Å².